The van der Waals surface area contributed by atoms with E-state index in [1.54, 1.807) is 11.9 Å². The molecule has 1 unspecified atom stereocenters. The molecule has 0 aromatic carbocycles. The Morgan fingerprint density at radius 2 is 2.12 bits per heavy atom. The Hall–Kier alpha value is -0.630. The van der Waals surface area contributed by atoms with Crippen LogP contribution < -0.4 is 0 Å². The predicted molar refractivity (Wildman–Crippen MR) is 66.4 cm³/mol. The fourth-order valence-corrected chi connectivity index (χ4v) is 2.05. The molecule has 5 nitrogen and oxygen atoms in total. The van der Waals surface area contributed by atoms with Crippen molar-refractivity contribution < 1.29 is 18.4 Å². The molecule has 0 aromatic heterocycles. The number of carbonyl (C=O) groups excluding carboxylic acids is 1. The highest BCUT2D eigenvalue weighted by Gasteiger charge is 2.09. The number of hydrogen-bond acceptors (Lipinski definition) is 4. The van der Waals surface area contributed by atoms with Crippen LogP contribution >= 0.6 is 17.1 Å². The number of nitrogens with zero attached hydrogens (tertiary/aromatic N) is 1. The van der Waals surface area contributed by atoms with Crippen LogP contribution in [0.4, 0.5) is 0 Å². The molecule has 0 aliphatic rings. The Labute approximate surface area is 105 Å². The lowest BCUT2D eigenvalue weighted by atomic mass is 10.2. The standard InChI is InChI=1S/C10H17NO4P2/c1-3-9(12)11(2)8-6-4-5-7-10(16-13)15-17-14/h3,10H,1,4-8H2,2H3. The van der Waals surface area contributed by atoms with E-state index in [2.05, 4.69) is 11.1 Å². The largest absolute Gasteiger partial charge is 0.342 e. The van der Waals surface area contributed by atoms with Crippen LogP contribution in [0.15, 0.2) is 12.7 Å². The third-order valence-corrected chi connectivity index (χ3v) is 3.38. The van der Waals surface area contributed by atoms with Gasteiger partial charge in [-0.1, -0.05) is 13.0 Å². The van der Waals surface area contributed by atoms with Gasteiger partial charge in [-0.3, -0.25) is 13.9 Å². The molecule has 1 amide bonds. The van der Waals surface area contributed by atoms with Crippen molar-refractivity contribution in [2.24, 2.45) is 0 Å². The fourth-order valence-electron chi connectivity index (χ4n) is 1.29. The number of rotatable bonds is 10. The van der Waals surface area contributed by atoms with E-state index >= 15 is 0 Å². The lowest BCUT2D eigenvalue weighted by molar-refractivity contribution is -0.124. The van der Waals surface area contributed by atoms with Crippen LogP contribution in [0.2, 0.25) is 0 Å². The molecular weight excluding hydrogens is 260 g/mol. The molecular formula is C10H17NO4P2. The minimum absolute atomic E-state index is 0.0885. The summed E-state index contributed by atoms with van der Waals surface area (Å²) in [7, 11) is 1.14. The van der Waals surface area contributed by atoms with Crippen LogP contribution in [0.3, 0.4) is 0 Å². The minimum Gasteiger partial charge on any atom is -0.342 e. The van der Waals surface area contributed by atoms with Crippen LogP contribution in [0.5, 0.6) is 0 Å². The first-order valence-electron chi connectivity index (χ1n) is 5.34. The van der Waals surface area contributed by atoms with E-state index in [9.17, 15) is 13.9 Å². The summed E-state index contributed by atoms with van der Waals surface area (Å²) in [4.78, 5) is 12.7. The number of carbonyl (C=O) groups is 1. The average molecular weight is 277 g/mol. The molecule has 0 bridgehead atoms. The second-order valence-corrected chi connectivity index (χ2v) is 4.70. The first-order chi connectivity index (χ1) is 8.15. The zero-order chi connectivity index (χ0) is 13.1. The number of likely N-dealkylation sites (N-methyl/N-ethyl adjacent to an activating group) is 1. The van der Waals surface area contributed by atoms with Gasteiger partial charge < -0.3 is 4.90 Å². The molecule has 7 heteroatoms. The van der Waals surface area contributed by atoms with Crippen LogP contribution in [-0.4, -0.2) is 30.2 Å². The monoisotopic (exact) mass is 277 g/mol. The average Bonchev–Trinajstić information content (AvgIpc) is 2.35. The van der Waals surface area contributed by atoms with Gasteiger partial charge in [0.2, 0.25) is 5.91 Å². The molecule has 0 spiro atoms. The van der Waals surface area contributed by atoms with Gasteiger partial charge in [-0.25, -0.2) is 4.57 Å². The topological polar surface area (TPSA) is 63.7 Å². The maximum Gasteiger partial charge on any atom is 0.328 e. The Kier molecular flexibility index (Phi) is 10.1. The molecule has 0 N–H and O–H groups in total. The van der Waals surface area contributed by atoms with Crippen molar-refractivity contribution in [3.8, 4) is 0 Å². The Morgan fingerprint density at radius 1 is 1.41 bits per heavy atom. The van der Waals surface area contributed by atoms with Crippen molar-refractivity contribution in [2.45, 2.75) is 31.5 Å². The van der Waals surface area contributed by atoms with Crippen LogP contribution in [0.25, 0.3) is 0 Å². The summed E-state index contributed by atoms with van der Waals surface area (Å²) in [5, 5.41) is 0. The van der Waals surface area contributed by atoms with Crippen molar-refractivity contribution in [1.29, 1.82) is 0 Å². The summed E-state index contributed by atoms with van der Waals surface area (Å²) in [6.45, 7) is 4.08. The van der Waals surface area contributed by atoms with E-state index in [0.717, 1.165) is 19.3 Å². The first-order valence-corrected chi connectivity index (χ1v) is 6.95. The van der Waals surface area contributed by atoms with Gasteiger partial charge in [-0.05, 0) is 25.3 Å². The Morgan fingerprint density at radius 3 is 2.65 bits per heavy atom. The second-order valence-electron chi connectivity index (χ2n) is 3.55. The molecule has 0 fully saturated rings. The normalized spacial score (nSPS) is 12.5. The molecule has 0 saturated carbocycles. The smallest absolute Gasteiger partial charge is 0.328 e. The molecule has 0 saturated heterocycles. The maximum absolute atomic E-state index is 11.1. The van der Waals surface area contributed by atoms with Gasteiger partial charge in [0, 0.05) is 13.6 Å². The van der Waals surface area contributed by atoms with Crippen molar-refractivity contribution >= 4 is 23.1 Å². The van der Waals surface area contributed by atoms with E-state index < -0.39 is 14.5 Å². The van der Waals surface area contributed by atoms with Crippen LogP contribution in [0.1, 0.15) is 25.7 Å². The predicted octanol–water partition coefficient (Wildman–Crippen LogP) is 3.03. The maximum atomic E-state index is 11.1. The zero-order valence-electron chi connectivity index (χ0n) is 9.87. The summed E-state index contributed by atoms with van der Waals surface area (Å²) < 4.78 is 25.4. The van der Waals surface area contributed by atoms with E-state index in [1.807, 2.05) is 0 Å². The lowest BCUT2D eigenvalue weighted by Crippen LogP contribution is -2.25. The van der Waals surface area contributed by atoms with E-state index in [-0.39, 0.29) is 14.4 Å². The van der Waals surface area contributed by atoms with Crippen LogP contribution in [-0.2, 0) is 18.4 Å². The highest BCUT2D eigenvalue weighted by atomic mass is 31.1. The quantitative estimate of drug-likeness (QED) is 0.350. The van der Waals surface area contributed by atoms with Crippen molar-refractivity contribution in [2.75, 3.05) is 13.6 Å². The molecule has 0 aliphatic heterocycles. The summed E-state index contributed by atoms with van der Waals surface area (Å²) >= 11 is 0. The van der Waals surface area contributed by atoms with Gasteiger partial charge in [0.15, 0.2) is 14.3 Å². The third kappa shape index (κ3) is 8.14. The highest BCUT2D eigenvalue weighted by molar-refractivity contribution is 7.26. The molecule has 1 atom stereocenters. The second kappa shape index (κ2) is 10.5. The lowest BCUT2D eigenvalue weighted by Gasteiger charge is -2.14. The minimum atomic E-state index is -0.498. The van der Waals surface area contributed by atoms with Crippen molar-refractivity contribution in [1.82, 2.24) is 4.90 Å². The third-order valence-electron chi connectivity index (χ3n) is 2.28. The first kappa shape index (κ1) is 16.4. The number of unbranched alkanes of at least 4 members (excludes halogenated alkanes) is 2. The molecule has 0 radical (unpaired) electrons. The van der Waals surface area contributed by atoms with E-state index in [1.165, 1.54) is 6.08 Å². The SMILES string of the molecule is C=CC(=O)N(C)CCCCCC(OP=O)P=O. The zero-order valence-corrected chi connectivity index (χ0v) is 11.7. The van der Waals surface area contributed by atoms with Gasteiger partial charge in [0.05, 0.1) is 0 Å². The summed E-state index contributed by atoms with van der Waals surface area (Å²) in [5.74, 6) is -0.587. The summed E-state index contributed by atoms with van der Waals surface area (Å²) in [5.41, 5.74) is 0. The van der Waals surface area contributed by atoms with Gasteiger partial charge in [-0.15, -0.1) is 0 Å². The Balaban J connectivity index is 3.57. The fraction of sp³-hybridized carbons (Fsp3) is 0.700. The van der Waals surface area contributed by atoms with E-state index in [4.69, 9.17) is 0 Å². The molecule has 0 rings (SSSR count). The Bertz CT molecular complexity index is 269. The number of amides is 1. The van der Waals surface area contributed by atoms with E-state index in [0.29, 0.717) is 13.0 Å². The summed E-state index contributed by atoms with van der Waals surface area (Å²) in [6.07, 6.45) is 4.48. The van der Waals surface area contributed by atoms with Gasteiger partial charge in [-0.2, -0.15) is 0 Å². The molecule has 0 heterocycles. The van der Waals surface area contributed by atoms with Gasteiger partial charge >= 0.3 is 8.69 Å². The molecule has 0 aliphatic carbocycles. The molecule has 0 aromatic rings. The molecule has 17 heavy (non-hydrogen) atoms. The van der Waals surface area contributed by atoms with Crippen LogP contribution in [0, 0.1) is 0 Å². The van der Waals surface area contributed by atoms with Gasteiger partial charge in [0.1, 0.15) is 0 Å². The van der Waals surface area contributed by atoms with Gasteiger partial charge in [0.25, 0.3) is 0 Å². The highest BCUT2D eigenvalue weighted by Crippen LogP contribution is 2.20. The molecule has 96 valence electrons. The van der Waals surface area contributed by atoms with Crippen molar-refractivity contribution in [3.63, 3.8) is 0 Å². The summed E-state index contributed by atoms with van der Waals surface area (Å²) in [6, 6.07) is 0. The van der Waals surface area contributed by atoms with Crippen molar-refractivity contribution in [3.05, 3.63) is 12.7 Å². The number of hydrogen-bond donors (Lipinski definition) is 0.